The van der Waals surface area contributed by atoms with Gasteiger partial charge in [-0.15, -0.1) is 11.6 Å². The number of carbonyl (C=O) groups is 1. The fourth-order valence-electron chi connectivity index (χ4n) is 1.51. The zero-order valence-electron chi connectivity index (χ0n) is 10.6. The van der Waals surface area contributed by atoms with Crippen LogP contribution < -0.4 is 10.1 Å². The third-order valence-electron chi connectivity index (χ3n) is 2.51. The molecule has 2 N–H and O–H groups in total. The third-order valence-corrected chi connectivity index (χ3v) is 2.73. The first-order valence-electron chi connectivity index (χ1n) is 5.84. The molecule has 0 fully saturated rings. The van der Waals surface area contributed by atoms with Gasteiger partial charge in [-0.25, -0.2) is 0 Å². The maximum Gasteiger partial charge on any atom is 0.255 e. The minimum Gasteiger partial charge on any atom is -0.507 e. The number of aromatic hydroxyl groups is 1. The predicted molar refractivity (Wildman–Crippen MR) is 71.5 cm³/mol. The number of amides is 1. The number of alkyl halides is 1. The predicted octanol–water partition coefficient (Wildman–Crippen LogP) is 2.54. The fraction of sp³-hybridized carbons (Fsp3) is 0.462. The zero-order valence-corrected chi connectivity index (χ0v) is 11.3. The van der Waals surface area contributed by atoms with E-state index >= 15 is 0 Å². The van der Waals surface area contributed by atoms with Crippen LogP contribution in [0.3, 0.4) is 0 Å². The van der Waals surface area contributed by atoms with Crippen LogP contribution in [0.5, 0.6) is 11.5 Å². The Hall–Kier alpha value is -1.42. The highest BCUT2D eigenvalue weighted by Crippen LogP contribution is 2.23. The molecular formula is C13H18ClNO3. The fourth-order valence-corrected chi connectivity index (χ4v) is 1.67. The van der Waals surface area contributed by atoms with E-state index in [4.69, 9.17) is 16.3 Å². The molecule has 1 aromatic rings. The topological polar surface area (TPSA) is 58.6 Å². The molecule has 0 saturated heterocycles. The lowest BCUT2D eigenvalue weighted by molar-refractivity contribution is 0.0950. The van der Waals surface area contributed by atoms with Crippen molar-refractivity contribution in [1.29, 1.82) is 0 Å². The number of nitrogens with one attached hydrogen (secondary N) is 1. The van der Waals surface area contributed by atoms with Crippen molar-refractivity contribution in [2.24, 2.45) is 0 Å². The molecule has 0 saturated carbocycles. The minimum atomic E-state index is -0.294. The summed E-state index contributed by atoms with van der Waals surface area (Å²) < 4.78 is 4.95. The maximum absolute atomic E-state index is 11.8. The molecule has 1 unspecified atom stereocenters. The molecule has 0 heterocycles. The molecule has 5 heteroatoms. The average Bonchev–Trinajstić information content (AvgIpc) is 2.33. The Morgan fingerprint density at radius 3 is 2.83 bits per heavy atom. The van der Waals surface area contributed by atoms with Crippen LogP contribution in [0.1, 0.15) is 30.1 Å². The Kier molecular flexibility index (Phi) is 5.78. The summed E-state index contributed by atoms with van der Waals surface area (Å²) in [7, 11) is 1.50. The molecule has 1 rings (SSSR count). The Morgan fingerprint density at radius 2 is 2.28 bits per heavy atom. The molecular weight excluding hydrogens is 254 g/mol. The Bertz CT molecular complexity index is 407. The van der Waals surface area contributed by atoms with E-state index in [0.717, 1.165) is 12.8 Å². The SMILES string of the molecule is COc1ccc(C(=O)NCCCC(C)Cl)c(O)c1. The van der Waals surface area contributed by atoms with Crippen molar-refractivity contribution in [2.75, 3.05) is 13.7 Å². The second-order valence-electron chi connectivity index (χ2n) is 4.06. The summed E-state index contributed by atoms with van der Waals surface area (Å²) in [6.45, 7) is 2.46. The van der Waals surface area contributed by atoms with E-state index in [9.17, 15) is 9.90 Å². The number of benzene rings is 1. The van der Waals surface area contributed by atoms with Gasteiger partial charge in [-0.05, 0) is 31.9 Å². The molecule has 0 aliphatic rings. The number of rotatable bonds is 6. The summed E-state index contributed by atoms with van der Waals surface area (Å²) in [5.41, 5.74) is 0.245. The van der Waals surface area contributed by atoms with Gasteiger partial charge in [0, 0.05) is 18.0 Å². The van der Waals surface area contributed by atoms with Crippen molar-refractivity contribution in [3.63, 3.8) is 0 Å². The van der Waals surface area contributed by atoms with Crippen LogP contribution in [-0.4, -0.2) is 30.0 Å². The molecule has 1 atom stereocenters. The molecule has 18 heavy (non-hydrogen) atoms. The number of phenolic OH excluding ortho intramolecular Hbond substituents is 1. The first-order valence-corrected chi connectivity index (χ1v) is 6.27. The van der Waals surface area contributed by atoms with Crippen LogP contribution in [0.2, 0.25) is 0 Å². The van der Waals surface area contributed by atoms with E-state index in [1.165, 1.54) is 19.2 Å². The molecule has 1 aromatic carbocycles. The monoisotopic (exact) mass is 271 g/mol. The van der Waals surface area contributed by atoms with Gasteiger partial charge in [0.05, 0.1) is 12.7 Å². The highest BCUT2D eigenvalue weighted by molar-refractivity contribution is 6.20. The van der Waals surface area contributed by atoms with Gasteiger partial charge < -0.3 is 15.2 Å². The first-order chi connectivity index (χ1) is 8.54. The lowest BCUT2D eigenvalue weighted by Gasteiger charge is -2.08. The van der Waals surface area contributed by atoms with Crippen LogP contribution >= 0.6 is 11.6 Å². The number of hydrogen-bond acceptors (Lipinski definition) is 3. The summed E-state index contributed by atoms with van der Waals surface area (Å²) >= 11 is 5.80. The first kappa shape index (κ1) is 14.6. The number of ether oxygens (including phenoxy) is 1. The van der Waals surface area contributed by atoms with Crippen molar-refractivity contribution in [1.82, 2.24) is 5.32 Å². The van der Waals surface area contributed by atoms with E-state index in [2.05, 4.69) is 5.32 Å². The summed E-state index contributed by atoms with van der Waals surface area (Å²) in [6, 6.07) is 4.58. The normalized spacial score (nSPS) is 11.9. The van der Waals surface area contributed by atoms with Crippen molar-refractivity contribution >= 4 is 17.5 Å². The summed E-state index contributed by atoms with van der Waals surface area (Å²) in [5, 5.41) is 12.5. The minimum absolute atomic E-state index is 0.0856. The van der Waals surface area contributed by atoms with Crippen LogP contribution in [0.25, 0.3) is 0 Å². The maximum atomic E-state index is 11.8. The highest BCUT2D eigenvalue weighted by Gasteiger charge is 2.11. The lowest BCUT2D eigenvalue weighted by Crippen LogP contribution is -2.24. The number of carbonyl (C=O) groups excluding carboxylic acids is 1. The molecule has 0 aliphatic heterocycles. The molecule has 0 spiro atoms. The van der Waals surface area contributed by atoms with E-state index in [0.29, 0.717) is 12.3 Å². The molecule has 0 radical (unpaired) electrons. The van der Waals surface area contributed by atoms with E-state index in [-0.39, 0.29) is 22.6 Å². The van der Waals surface area contributed by atoms with E-state index < -0.39 is 0 Å². The van der Waals surface area contributed by atoms with Gasteiger partial charge in [0.1, 0.15) is 11.5 Å². The number of hydrogen-bond donors (Lipinski definition) is 2. The Balaban J connectivity index is 2.51. The molecule has 0 aromatic heterocycles. The van der Waals surface area contributed by atoms with Gasteiger partial charge in [0.2, 0.25) is 0 Å². The largest absolute Gasteiger partial charge is 0.507 e. The standard InChI is InChI=1S/C13H18ClNO3/c1-9(14)4-3-7-15-13(17)11-6-5-10(18-2)8-12(11)16/h5-6,8-9,16H,3-4,7H2,1-2H3,(H,15,17). The Labute approximate surface area is 112 Å². The van der Waals surface area contributed by atoms with Gasteiger partial charge in [-0.3, -0.25) is 4.79 Å². The van der Waals surface area contributed by atoms with Gasteiger partial charge in [-0.2, -0.15) is 0 Å². The van der Waals surface area contributed by atoms with Crippen LogP contribution in [-0.2, 0) is 0 Å². The van der Waals surface area contributed by atoms with Crippen molar-refractivity contribution in [3.8, 4) is 11.5 Å². The molecule has 0 aliphatic carbocycles. The highest BCUT2D eigenvalue weighted by atomic mass is 35.5. The van der Waals surface area contributed by atoms with E-state index in [1.807, 2.05) is 6.92 Å². The van der Waals surface area contributed by atoms with Crippen LogP contribution in [0.15, 0.2) is 18.2 Å². The molecule has 4 nitrogen and oxygen atoms in total. The van der Waals surface area contributed by atoms with Gasteiger partial charge >= 0.3 is 0 Å². The zero-order chi connectivity index (χ0) is 13.5. The van der Waals surface area contributed by atoms with Gasteiger partial charge in [0.25, 0.3) is 5.91 Å². The van der Waals surface area contributed by atoms with Gasteiger partial charge in [0.15, 0.2) is 0 Å². The summed E-state index contributed by atoms with van der Waals surface area (Å²) in [4.78, 5) is 11.8. The quantitative estimate of drug-likeness (QED) is 0.617. The summed E-state index contributed by atoms with van der Waals surface area (Å²) in [6.07, 6.45) is 1.66. The molecule has 0 bridgehead atoms. The smallest absolute Gasteiger partial charge is 0.255 e. The Morgan fingerprint density at radius 1 is 1.56 bits per heavy atom. The van der Waals surface area contributed by atoms with Crippen LogP contribution in [0.4, 0.5) is 0 Å². The van der Waals surface area contributed by atoms with Crippen molar-refractivity contribution < 1.29 is 14.6 Å². The average molecular weight is 272 g/mol. The summed E-state index contributed by atoms with van der Waals surface area (Å²) in [5.74, 6) is 0.134. The third kappa shape index (κ3) is 4.45. The number of halogens is 1. The van der Waals surface area contributed by atoms with Crippen LogP contribution in [0, 0.1) is 0 Å². The lowest BCUT2D eigenvalue weighted by atomic mass is 10.1. The molecule has 100 valence electrons. The molecule has 1 amide bonds. The second kappa shape index (κ2) is 7.11. The van der Waals surface area contributed by atoms with Gasteiger partial charge in [-0.1, -0.05) is 0 Å². The van der Waals surface area contributed by atoms with Crippen molar-refractivity contribution in [2.45, 2.75) is 25.1 Å². The number of phenols is 1. The van der Waals surface area contributed by atoms with Crippen molar-refractivity contribution in [3.05, 3.63) is 23.8 Å². The number of methoxy groups -OCH3 is 1. The van der Waals surface area contributed by atoms with E-state index in [1.54, 1.807) is 6.07 Å². The second-order valence-corrected chi connectivity index (χ2v) is 4.81.